The number of terminal acetylenes is 1. The molecule has 0 spiro atoms. The molecule has 0 saturated heterocycles. The first-order valence-corrected chi connectivity index (χ1v) is 9.19. The summed E-state index contributed by atoms with van der Waals surface area (Å²) in [4.78, 5) is 0. The molecule has 116 valence electrons. The van der Waals surface area contributed by atoms with E-state index in [1.165, 1.54) is 19.5 Å². The monoisotopic (exact) mass is 348 g/mol. The van der Waals surface area contributed by atoms with Crippen LogP contribution in [0, 0.1) is 18.2 Å². The Kier molecular flexibility index (Phi) is 3.72. The second kappa shape index (κ2) is 5.90. The van der Waals surface area contributed by atoms with Crippen LogP contribution in [-0.4, -0.2) is 0 Å². The molecule has 4 aromatic rings. The van der Waals surface area contributed by atoms with Crippen molar-refractivity contribution >= 4 is 57.8 Å². The van der Waals surface area contributed by atoms with Crippen LogP contribution in [0.2, 0.25) is 0 Å². The van der Waals surface area contributed by atoms with E-state index in [4.69, 9.17) is 6.42 Å². The number of hydrogen-bond donors (Lipinski definition) is 0. The average Bonchev–Trinajstić information content (AvgIpc) is 3.11. The van der Waals surface area contributed by atoms with Crippen molar-refractivity contribution in [1.29, 1.82) is 0 Å². The minimum atomic E-state index is -0.269. The predicted octanol–water partition coefficient (Wildman–Crippen LogP) is 7.00. The van der Waals surface area contributed by atoms with E-state index in [0.717, 1.165) is 10.1 Å². The summed E-state index contributed by atoms with van der Waals surface area (Å²) < 4.78 is 19.2. The van der Waals surface area contributed by atoms with E-state index in [9.17, 15) is 4.39 Å². The van der Waals surface area contributed by atoms with Gasteiger partial charge in [-0.3, -0.25) is 0 Å². The van der Waals surface area contributed by atoms with E-state index in [-0.39, 0.29) is 5.82 Å². The lowest BCUT2D eigenvalue weighted by atomic mass is 10.0. The van der Waals surface area contributed by atoms with Crippen LogP contribution < -0.4 is 0 Å². The molecule has 0 aliphatic rings. The van der Waals surface area contributed by atoms with Crippen molar-refractivity contribution in [1.82, 2.24) is 0 Å². The van der Waals surface area contributed by atoms with Gasteiger partial charge in [0.15, 0.2) is 0 Å². The molecular weight excluding hydrogens is 335 g/mol. The molecule has 0 nitrogen and oxygen atoms in total. The summed E-state index contributed by atoms with van der Waals surface area (Å²) >= 11 is 3.40. The summed E-state index contributed by atoms with van der Waals surface area (Å²) in [5, 5.41) is 2.32. The highest BCUT2D eigenvalue weighted by Crippen LogP contribution is 2.45. The second-order valence-corrected chi connectivity index (χ2v) is 7.54. The van der Waals surface area contributed by atoms with Crippen LogP contribution in [0.15, 0.2) is 54.6 Å². The van der Waals surface area contributed by atoms with Crippen LogP contribution in [0.1, 0.15) is 12.5 Å². The molecule has 24 heavy (non-hydrogen) atoms. The average molecular weight is 348 g/mol. The lowest BCUT2D eigenvalue weighted by molar-refractivity contribution is 0.626. The van der Waals surface area contributed by atoms with Crippen LogP contribution in [0.4, 0.5) is 4.39 Å². The zero-order valence-electron chi connectivity index (χ0n) is 13.0. The Hall–Kier alpha value is -2.41. The summed E-state index contributed by atoms with van der Waals surface area (Å²) in [5.74, 6) is 2.33. The minimum absolute atomic E-state index is 0.269. The molecule has 0 radical (unpaired) electrons. The number of allylic oxidation sites excluding steroid dienone is 4. The summed E-state index contributed by atoms with van der Waals surface area (Å²) in [6.45, 7) is 1.91. The SMILES string of the molecule is C#C/C(=C\C=C/C)c1cc2c(cc1F)sc1c3ccccc3sc21. The summed E-state index contributed by atoms with van der Waals surface area (Å²) in [7, 11) is 0. The molecule has 0 saturated carbocycles. The first kappa shape index (κ1) is 15.1. The second-order valence-electron chi connectivity index (χ2n) is 5.44. The maximum absolute atomic E-state index is 14.6. The first-order valence-electron chi connectivity index (χ1n) is 7.56. The fourth-order valence-corrected chi connectivity index (χ4v) is 5.49. The van der Waals surface area contributed by atoms with Gasteiger partial charge in [0.1, 0.15) is 5.82 Å². The highest BCUT2D eigenvalue weighted by Gasteiger charge is 2.15. The first-order chi connectivity index (χ1) is 11.7. The quantitative estimate of drug-likeness (QED) is 0.270. The van der Waals surface area contributed by atoms with E-state index in [2.05, 4.69) is 18.1 Å². The van der Waals surface area contributed by atoms with Gasteiger partial charge < -0.3 is 0 Å². The molecule has 0 aliphatic carbocycles. The molecule has 2 aromatic carbocycles. The largest absolute Gasteiger partial charge is 0.206 e. The molecule has 0 atom stereocenters. The van der Waals surface area contributed by atoms with Crippen molar-refractivity contribution in [3.8, 4) is 12.3 Å². The summed E-state index contributed by atoms with van der Waals surface area (Å²) in [6, 6.07) is 11.8. The number of rotatable bonds is 2. The maximum Gasteiger partial charge on any atom is 0.133 e. The van der Waals surface area contributed by atoms with Crippen LogP contribution in [0.25, 0.3) is 35.1 Å². The summed E-state index contributed by atoms with van der Waals surface area (Å²) in [6.07, 6.45) is 11.1. The molecule has 0 unspecified atom stereocenters. The third-order valence-electron chi connectivity index (χ3n) is 3.98. The Morgan fingerprint density at radius 2 is 1.83 bits per heavy atom. The van der Waals surface area contributed by atoms with E-state index in [0.29, 0.717) is 11.1 Å². The highest BCUT2D eigenvalue weighted by molar-refractivity contribution is 7.36. The topological polar surface area (TPSA) is 0 Å². The van der Waals surface area contributed by atoms with Crippen LogP contribution >= 0.6 is 22.7 Å². The van der Waals surface area contributed by atoms with Gasteiger partial charge in [0.05, 0.1) is 9.40 Å². The normalized spacial score (nSPS) is 12.6. The standard InChI is InChI=1S/C21H13FS2/c1-3-5-8-13(4-2)15-11-16-19(12-17(15)22)24-20-14-9-6-7-10-18(14)23-21(16)20/h2-3,5-12H,1H3/b5-3-,13-8+. The van der Waals surface area contributed by atoms with E-state index < -0.39 is 0 Å². The predicted molar refractivity (Wildman–Crippen MR) is 106 cm³/mol. The number of thiophene rings is 2. The summed E-state index contributed by atoms with van der Waals surface area (Å²) in [5.41, 5.74) is 1.05. The Bertz CT molecular complexity index is 1180. The Labute approximate surface area is 147 Å². The van der Waals surface area contributed by atoms with E-state index in [1.807, 2.05) is 37.3 Å². The molecule has 0 bridgehead atoms. The zero-order valence-corrected chi connectivity index (χ0v) is 14.6. The van der Waals surface area contributed by atoms with Gasteiger partial charge in [-0.2, -0.15) is 0 Å². The fourth-order valence-electron chi connectivity index (χ4n) is 2.84. The molecule has 0 aliphatic heterocycles. The van der Waals surface area contributed by atoms with Gasteiger partial charge in [-0.15, -0.1) is 29.1 Å². The van der Waals surface area contributed by atoms with Gasteiger partial charge in [-0.25, -0.2) is 4.39 Å². The van der Waals surface area contributed by atoms with Crippen molar-refractivity contribution in [2.45, 2.75) is 6.92 Å². The van der Waals surface area contributed by atoms with Gasteiger partial charge in [-0.1, -0.05) is 36.3 Å². The molecule has 2 aromatic heterocycles. The van der Waals surface area contributed by atoms with Crippen molar-refractivity contribution in [3.63, 3.8) is 0 Å². The Balaban J connectivity index is 2.05. The van der Waals surface area contributed by atoms with Crippen LogP contribution in [0.5, 0.6) is 0 Å². The van der Waals surface area contributed by atoms with Gasteiger partial charge in [0.25, 0.3) is 0 Å². The Morgan fingerprint density at radius 3 is 2.62 bits per heavy atom. The van der Waals surface area contributed by atoms with Gasteiger partial charge in [0.2, 0.25) is 0 Å². The fraction of sp³-hybridized carbons (Fsp3) is 0.0476. The number of hydrogen-bond acceptors (Lipinski definition) is 2. The third-order valence-corrected chi connectivity index (χ3v) is 6.50. The molecule has 0 fully saturated rings. The molecule has 3 heteroatoms. The number of fused-ring (bicyclic) bond motifs is 5. The molecule has 0 N–H and O–H groups in total. The van der Waals surface area contributed by atoms with Crippen LogP contribution in [0.3, 0.4) is 0 Å². The van der Waals surface area contributed by atoms with Gasteiger partial charge in [-0.05, 0) is 31.2 Å². The molecule has 2 heterocycles. The molecule has 0 amide bonds. The van der Waals surface area contributed by atoms with E-state index >= 15 is 0 Å². The Morgan fingerprint density at radius 1 is 1.08 bits per heavy atom. The van der Waals surface area contributed by atoms with Crippen molar-refractivity contribution in [2.75, 3.05) is 0 Å². The van der Waals surface area contributed by atoms with Gasteiger partial charge in [0, 0.05) is 31.3 Å². The zero-order chi connectivity index (χ0) is 16.7. The lowest BCUT2D eigenvalue weighted by Crippen LogP contribution is -1.87. The smallest absolute Gasteiger partial charge is 0.133 e. The number of halogens is 1. The van der Waals surface area contributed by atoms with Crippen molar-refractivity contribution in [3.05, 3.63) is 66.0 Å². The van der Waals surface area contributed by atoms with Crippen LogP contribution in [-0.2, 0) is 0 Å². The highest BCUT2D eigenvalue weighted by atomic mass is 32.1. The maximum atomic E-state index is 14.6. The van der Waals surface area contributed by atoms with Crippen molar-refractivity contribution < 1.29 is 4.39 Å². The number of benzene rings is 2. The van der Waals surface area contributed by atoms with Crippen molar-refractivity contribution in [2.24, 2.45) is 0 Å². The molecular formula is C21H13FS2. The third kappa shape index (κ3) is 2.27. The van der Waals surface area contributed by atoms with E-state index in [1.54, 1.807) is 34.8 Å². The minimum Gasteiger partial charge on any atom is -0.206 e. The lowest BCUT2D eigenvalue weighted by Gasteiger charge is -2.03. The molecule has 4 rings (SSSR count). The van der Waals surface area contributed by atoms with Gasteiger partial charge >= 0.3 is 0 Å².